The molecule has 188 valence electrons. The minimum Gasteiger partial charge on any atom is -0.508 e. The lowest BCUT2D eigenvalue weighted by Gasteiger charge is -2.61. The summed E-state index contributed by atoms with van der Waals surface area (Å²) in [7, 11) is 1.18. The van der Waals surface area contributed by atoms with Crippen molar-refractivity contribution in [2.75, 3.05) is 7.11 Å². The maximum absolute atomic E-state index is 13.7. The first-order valence-corrected chi connectivity index (χ1v) is 11.3. The molecule has 0 amide bonds. The summed E-state index contributed by atoms with van der Waals surface area (Å²) in [5, 5.41) is 32.3. The van der Waals surface area contributed by atoms with Gasteiger partial charge in [-0.2, -0.15) is 0 Å². The normalized spacial score (nSPS) is 42.3. The highest BCUT2D eigenvalue weighted by molar-refractivity contribution is 6.25. The van der Waals surface area contributed by atoms with Crippen LogP contribution in [0.3, 0.4) is 0 Å². The van der Waals surface area contributed by atoms with Crippen LogP contribution in [0.1, 0.15) is 33.6 Å². The Morgan fingerprint density at radius 3 is 2.54 bits per heavy atom. The highest BCUT2D eigenvalue weighted by Crippen LogP contribution is 2.61. The molecule has 3 saturated carbocycles. The molecule has 0 aromatic heterocycles. The molecule has 1 spiro atoms. The van der Waals surface area contributed by atoms with Gasteiger partial charge in [0, 0.05) is 23.5 Å². The second kappa shape index (κ2) is 8.25. The van der Waals surface area contributed by atoms with E-state index in [9.17, 15) is 34.5 Å². The Morgan fingerprint density at radius 2 is 1.91 bits per heavy atom. The first-order valence-electron chi connectivity index (χ1n) is 11.3. The topological polar surface area (TPSA) is 157 Å². The SMILES string of the molecule is C/C=C/C=C/C(O)=C1/C(=O)C2(C)C(=O)C(C)(O)C1CC21OC2CC(C(=O)OC)=CC(O)C2OC1=O. The minimum absolute atomic E-state index is 0.0943. The molecule has 3 N–H and O–H groups in total. The van der Waals surface area contributed by atoms with Crippen LogP contribution in [0.4, 0.5) is 0 Å². The molecule has 4 aliphatic carbocycles. The van der Waals surface area contributed by atoms with Gasteiger partial charge in [0.1, 0.15) is 29.0 Å². The third kappa shape index (κ3) is 3.27. The zero-order chi connectivity index (χ0) is 25.9. The van der Waals surface area contributed by atoms with E-state index >= 15 is 0 Å². The lowest BCUT2D eigenvalue weighted by Crippen LogP contribution is -2.79. The van der Waals surface area contributed by atoms with E-state index in [1.54, 1.807) is 19.1 Å². The van der Waals surface area contributed by atoms with Crippen LogP contribution in [0.2, 0.25) is 0 Å². The molecule has 5 aliphatic rings. The van der Waals surface area contributed by atoms with Gasteiger partial charge in [0.05, 0.1) is 7.11 Å². The number of hydrogen-bond donors (Lipinski definition) is 3. The van der Waals surface area contributed by atoms with Crippen LogP contribution in [0.15, 0.2) is 47.3 Å². The largest absolute Gasteiger partial charge is 0.508 e. The Labute approximate surface area is 201 Å². The number of carbonyl (C=O) groups excluding carboxylic acids is 4. The monoisotopic (exact) mass is 488 g/mol. The molecule has 0 aromatic rings. The Balaban J connectivity index is 1.81. The van der Waals surface area contributed by atoms with Crippen molar-refractivity contribution in [3.8, 4) is 0 Å². The van der Waals surface area contributed by atoms with Crippen molar-refractivity contribution in [1.29, 1.82) is 0 Å². The highest BCUT2D eigenvalue weighted by atomic mass is 16.6. The number of hydrogen-bond acceptors (Lipinski definition) is 10. The maximum Gasteiger partial charge on any atom is 0.340 e. The van der Waals surface area contributed by atoms with Crippen molar-refractivity contribution in [2.24, 2.45) is 11.3 Å². The van der Waals surface area contributed by atoms with E-state index in [0.29, 0.717) is 0 Å². The van der Waals surface area contributed by atoms with Crippen molar-refractivity contribution in [3.63, 3.8) is 0 Å². The van der Waals surface area contributed by atoms with Crippen LogP contribution in [0.25, 0.3) is 0 Å². The molecule has 10 heteroatoms. The third-order valence-electron chi connectivity index (χ3n) is 7.64. The van der Waals surface area contributed by atoms with Crippen molar-refractivity contribution < 1.29 is 48.7 Å². The van der Waals surface area contributed by atoms with Gasteiger partial charge in [0.25, 0.3) is 0 Å². The smallest absolute Gasteiger partial charge is 0.340 e. The molecule has 35 heavy (non-hydrogen) atoms. The maximum atomic E-state index is 13.7. The number of methoxy groups -OCH3 is 1. The lowest BCUT2D eigenvalue weighted by atomic mass is 9.45. The van der Waals surface area contributed by atoms with Crippen molar-refractivity contribution >= 4 is 23.5 Å². The molecule has 1 saturated heterocycles. The molecule has 1 aliphatic heterocycles. The lowest BCUT2D eigenvalue weighted by molar-refractivity contribution is -0.275. The summed E-state index contributed by atoms with van der Waals surface area (Å²) >= 11 is 0. The van der Waals surface area contributed by atoms with Gasteiger partial charge in [-0.25, -0.2) is 9.59 Å². The first kappa shape index (κ1) is 25.0. The molecule has 7 unspecified atom stereocenters. The average Bonchev–Trinajstić information content (AvgIpc) is 2.81. The van der Waals surface area contributed by atoms with Crippen LogP contribution in [0, 0.1) is 11.3 Å². The predicted molar refractivity (Wildman–Crippen MR) is 119 cm³/mol. The van der Waals surface area contributed by atoms with Crippen molar-refractivity contribution in [1.82, 2.24) is 0 Å². The summed E-state index contributed by atoms with van der Waals surface area (Å²) in [6.07, 6.45) is 3.29. The van der Waals surface area contributed by atoms with Crippen LogP contribution in [-0.4, -0.2) is 75.4 Å². The second-order valence-electron chi connectivity index (χ2n) is 9.60. The predicted octanol–water partition coefficient (Wildman–Crippen LogP) is 0.773. The third-order valence-corrected chi connectivity index (χ3v) is 7.64. The molecule has 0 aromatic carbocycles. The number of allylic oxidation sites excluding steroid dienone is 4. The highest BCUT2D eigenvalue weighted by Gasteiger charge is 2.79. The fourth-order valence-corrected chi connectivity index (χ4v) is 5.72. The van der Waals surface area contributed by atoms with Gasteiger partial charge in [-0.05, 0) is 39.3 Å². The van der Waals surface area contributed by atoms with Gasteiger partial charge in [0.2, 0.25) is 0 Å². The fraction of sp³-hybridized carbons (Fsp3) is 0.520. The molecule has 2 bridgehead atoms. The van der Waals surface area contributed by atoms with E-state index in [-0.39, 0.29) is 24.0 Å². The van der Waals surface area contributed by atoms with E-state index in [0.717, 1.165) is 0 Å². The van der Waals surface area contributed by atoms with Gasteiger partial charge in [0.15, 0.2) is 23.3 Å². The fourth-order valence-electron chi connectivity index (χ4n) is 5.72. The molecular weight excluding hydrogens is 460 g/mol. The first-order chi connectivity index (χ1) is 16.4. The second-order valence-corrected chi connectivity index (χ2v) is 9.60. The quantitative estimate of drug-likeness (QED) is 0.170. The Bertz CT molecular complexity index is 1130. The van der Waals surface area contributed by atoms with Gasteiger partial charge >= 0.3 is 11.9 Å². The summed E-state index contributed by atoms with van der Waals surface area (Å²) in [5.74, 6) is -5.23. The summed E-state index contributed by atoms with van der Waals surface area (Å²) < 4.78 is 16.4. The number of ether oxygens (including phenoxy) is 3. The Kier molecular flexibility index (Phi) is 5.90. The van der Waals surface area contributed by atoms with Gasteiger partial charge < -0.3 is 29.5 Å². The molecule has 7 atom stereocenters. The van der Waals surface area contributed by atoms with Crippen LogP contribution in [0.5, 0.6) is 0 Å². The summed E-state index contributed by atoms with van der Waals surface area (Å²) in [4.78, 5) is 52.7. The van der Waals surface area contributed by atoms with Crippen LogP contribution >= 0.6 is 0 Å². The van der Waals surface area contributed by atoms with Crippen molar-refractivity contribution in [2.45, 2.75) is 63.1 Å². The van der Waals surface area contributed by atoms with E-state index in [4.69, 9.17) is 14.2 Å². The number of esters is 2. The summed E-state index contributed by atoms with van der Waals surface area (Å²) in [5.41, 5.74) is -6.51. The Hall–Kier alpha value is -3.08. The molecule has 0 radical (unpaired) electrons. The molecular formula is C25H28O10. The number of rotatable bonds is 3. The number of aliphatic hydroxyl groups is 3. The molecule has 5 rings (SSSR count). The Morgan fingerprint density at radius 1 is 1.23 bits per heavy atom. The zero-order valence-corrected chi connectivity index (χ0v) is 19.8. The van der Waals surface area contributed by atoms with Gasteiger partial charge in [-0.3, -0.25) is 9.59 Å². The van der Waals surface area contributed by atoms with E-state index in [1.165, 1.54) is 39.2 Å². The van der Waals surface area contributed by atoms with Crippen LogP contribution < -0.4 is 0 Å². The standard InChI is InChI=1S/C25H28O10/c1-5-6-7-8-14(26)17-13-11-25(23(2,19(17)28)21(30)24(13,3)32)22(31)34-18-15(27)9-12(20(29)33-4)10-16(18)35-25/h5-9,13,15-16,18,26-27,32H,10-11H2,1-4H3/b6-5+,8-7+,17-14-. The summed E-state index contributed by atoms with van der Waals surface area (Å²) in [6, 6.07) is 0. The van der Waals surface area contributed by atoms with Gasteiger partial charge in [-0.1, -0.05) is 18.2 Å². The van der Waals surface area contributed by atoms with E-state index < -0.39 is 70.1 Å². The molecule has 4 fully saturated rings. The summed E-state index contributed by atoms with van der Waals surface area (Å²) in [6.45, 7) is 4.20. The molecule has 1 heterocycles. The number of Topliss-reactive ketones (excluding diaryl/α,β-unsaturated/α-hetero) is 2. The van der Waals surface area contributed by atoms with Crippen LogP contribution in [-0.2, 0) is 33.4 Å². The number of fused-ring (bicyclic) bond motifs is 3. The van der Waals surface area contributed by atoms with E-state index in [2.05, 4.69) is 0 Å². The van der Waals surface area contributed by atoms with Crippen molar-refractivity contribution in [3.05, 3.63) is 47.3 Å². The van der Waals surface area contributed by atoms with E-state index in [1.807, 2.05) is 0 Å². The number of carbonyl (C=O) groups is 4. The average molecular weight is 488 g/mol. The minimum atomic E-state index is -2.23. The molecule has 10 nitrogen and oxygen atoms in total. The number of aliphatic hydroxyl groups excluding tert-OH is 2. The zero-order valence-electron chi connectivity index (χ0n) is 19.8. The number of ketones is 2. The van der Waals surface area contributed by atoms with Gasteiger partial charge in [-0.15, -0.1) is 0 Å².